The summed E-state index contributed by atoms with van der Waals surface area (Å²) in [5.74, 6) is 0.611. The SMILES string of the molecule is Cc1ccccc1NC1c2ccccc2C(=O)N1c1ccccn1. The molecule has 0 aliphatic carbocycles. The first-order chi connectivity index (χ1) is 11.8. The zero-order valence-electron chi connectivity index (χ0n) is 13.3. The molecule has 2 aromatic carbocycles. The van der Waals surface area contributed by atoms with Gasteiger partial charge in [0.05, 0.1) is 0 Å². The number of aryl methyl sites for hydroxylation is 1. The summed E-state index contributed by atoms with van der Waals surface area (Å²) in [7, 11) is 0. The van der Waals surface area contributed by atoms with Gasteiger partial charge in [-0.2, -0.15) is 0 Å². The van der Waals surface area contributed by atoms with Crippen molar-refractivity contribution in [1.29, 1.82) is 0 Å². The summed E-state index contributed by atoms with van der Waals surface area (Å²) in [6.07, 6.45) is 1.43. The Morgan fingerprint density at radius 2 is 1.71 bits per heavy atom. The van der Waals surface area contributed by atoms with E-state index in [4.69, 9.17) is 0 Å². The molecule has 0 saturated heterocycles. The molecule has 1 aliphatic rings. The summed E-state index contributed by atoms with van der Waals surface area (Å²) in [6.45, 7) is 2.05. The highest BCUT2D eigenvalue weighted by atomic mass is 16.2. The van der Waals surface area contributed by atoms with Crippen molar-refractivity contribution in [2.45, 2.75) is 13.1 Å². The first-order valence-electron chi connectivity index (χ1n) is 7.91. The largest absolute Gasteiger partial charge is 0.361 e. The van der Waals surface area contributed by atoms with Crippen LogP contribution >= 0.6 is 0 Å². The molecule has 24 heavy (non-hydrogen) atoms. The van der Waals surface area contributed by atoms with Gasteiger partial charge in [0, 0.05) is 23.0 Å². The maximum atomic E-state index is 12.9. The van der Waals surface area contributed by atoms with Gasteiger partial charge in [0.2, 0.25) is 0 Å². The van der Waals surface area contributed by atoms with Crippen molar-refractivity contribution in [2.24, 2.45) is 0 Å². The van der Waals surface area contributed by atoms with E-state index in [2.05, 4.69) is 23.3 Å². The zero-order valence-corrected chi connectivity index (χ0v) is 13.3. The molecule has 3 aromatic rings. The summed E-state index contributed by atoms with van der Waals surface area (Å²) in [5.41, 5.74) is 3.83. The van der Waals surface area contributed by atoms with Crippen LogP contribution in [0.1, 0.15) is 27.7 Å². The van der Waals surface area contributed by atoms with E-state index in [1.54, 1.807) is 11.1 Å². The summed E-state index contributed by atoms with van der Waals surface area (Å²) < 4.78 is 0. The van der Waals surface area contributed by atoms with E-state index in [1.165, 1.54) is 0 Å². The monoisotopic (exact) mass is 315 g/mol. The highest BCUT2D eigenvalue weighted by Crippen LogP contribution is 2.37. The lowest BCUT2D eigenvalue weighted by atomic mass is 10.1. The fourth-order valence-electron chi connectivity index (χ4n) is 3.07. The first-order valence-corrected chi connectivity index (χ1v) is 7.91. The number of amides is 1. The molecular weight excluding hydrogens is 298 g/mol. The van der Waals surface area contributed by atoms with Gasteiger partial charge in [-0.15, -0.1) is 0 Å². The maximum absolute atomic E-state index is 12.9. The van der Waals surface area contributed by atoms with Crippen molar-refractivity contribution < 1.29 is 4.79 Å². The molecule has 1 aromatic heterocycles. The number of hydrogen-bond acceptors (Lipinski definition) is 3. The van der Waals surface area contributed by atoms with Crippen LogP contribution in [0.25, 0.3) is 0 Å². The number of hydrogen-bond donors (Lipinski definition) is 1. The van der Waals surface area contributed by atoms with Gasteiger partial charge in [-0.05, 0) is 36.8 Å². The lowest BCUT2D eigenvalue weighted by Crippen LogP contribution is -2.33. The van der Waals surface area contributed by atoms with Crippen LogP contribution < -0.4 is 10.2 Å². The Kier molecular flexibility index (Phi) is 3.50. The van der Waals surface area contributed by atoms with Gasteiger partial charge in [0.15, 0.2) is 0 Å². The summed E-state index contributed by atoms with van der Waals surface area (Å²) in [5, 5.41) is 3.51. The molecule has 4 rings (SSSR count). The summed E-state index contributed by atoms with van der Waals surface area (Å²) in [6, 6.07) is 21.4. The standard InChI is InChI=1S/C20H17N3O/c1-14-8-2-5-11-17(14)22-19-15-9-3-4-10-16(15)20(24)23(19)18-12-6-7-13-21-18/h2-13,19,22H,1H3. The van der Waals surface area contributed by atoms with Crippen molar-refractivity contribution in [3.8, 4) is 0 Å². The van der Waals surface area contributed by atoms with Gasteiger partial charge in [0.25, 0.3) is 5.91 Å². The van der Waals surface area contributed by atoms with E-state index in [1.807, 2.05) is 60.7 Å². The summed E-state index contributed by atoms with van der Waals surface area (Å²) in [4.78, 5) is 19.0. The number of benzene rings is 2. The maximum Gasteiger partial charge on any atom is 0.261 e. The number of aromatic nitrogens is 1. The molecule has 1 unspecified atom stereocenters. The number of nitrogens with zero attached hydrogens (tertiary/aromatic N) is 2. The van der Waals surface area contributed by atoms with Gasteiger partial charge >= 0.3 is 0 Å². The van der Waals surface area contributed by atoms with Crippen molar-refractivity contribution in [3.63, 3.8) is 0 Å². The number of pyridine rings is 1. The number of rotatable bonds is 3. The van der Waals surface area contributed by atoms with E-state index in [9.17, 15) is 4.79 Å². The average molecular weight is 315 g/mol. The van der Waals surface area contributed by atoms with Gasteiger partial charge in [0.1, 0.15) is 12.0 Å². The summed E-state index contributed by atoms with van der Waals surface area (Å²) >= 11 is 0. The van der Waals surface area contributed by atoms with Crippen LogP contribution in [-0.2, 0) is 0 Å². The van der Waals surface area contributed by atoms with Crippen LogP contribution in [0.5, 0.6) is 0 Å². The molecule has 1 atom stereocenters. The van der Waals surface area contributed by atoms with Crippen molar-refractivity contribution in [3.05, 3.63) is 89.6 Å². The predicted molar refractivity (Wildman–Crippen MR) is 95.0 cm³/mol. The second kappa shape index (κ2) is 5.81. The number of fused-ring (bicyclic) bond motifs is 1. The van der Waals surface area contributed by atoms with E-state index in [-0.39, 0.29) is 12.1 Å². The highest BCUT2D eigenvalue weighted by Gasteiger charge is 2.38. The quantitative estimate of drug-likeness (QED) is 0.789. The number of carbonyl (C=O) groups excluding carboxylic acids is 1. The molecule has 2 heterocycles. The molecule has 118 valence electrons. The third-order valence-corrected chi connectivity index (χ3v) is 4.30. The van der Waals surface area contributed by atoms with Gasteiger partial charge in [-0.3, -0.25) is 9.69 Å². The van der Waals surface area contributed by atoms with Crippen LogP contribution in [0, 0.1) is 6.92 Å². The van der Waals surface area contributed by atoms with E-state index >= 15 is 0 Å². The molecule has 4 nitrogen and oxygen atoms in total. The number of anilines is 2. The molecule has 0 saturated carbocycles. The Bertz CT molecular complexity index is 892. The van der Waals surface area contributed by atoms with Crippen molar-refractivity contribution >= 4 is 17.4 Å². The molecule has 0 spiro atoms. The predicted octanol–water partition coefficient (Wildman–Crippen LogP) is 4.16. The zero-order chi connectivity index (χ0) is 16.5. The third kappa shape index (κ3) is 2.33. The Hall–Kier alpha value is -3.14. The molecule has 0 radical (unpaired) electrons. The van der Waals surface area contributed by atoms with Crippen molar-refractivity contribution in [1.82, 2.24) is 4.98 Å². The average Bonchev–Trinajstić information content (AvgIpc) is 2.90. The number of para-hydroxylation sites is 1. The lowest BCUT2D eigenvalue weighted by molar-refractivity contribution is 0.0992. The molecular formula is C20H17N3O. The Morgan fingerprint density at radius 3 is 2.50 bits per heavy atom. The van der Waals surface area contributed by atoms with Crippen LogP contribution in [0.4, 0.5) is 11.5 Å². The molecule has 1 N–H and O–H groups in total. The van der Waals surface area contributed by atoms with E-state index in [0.717, 1.165) is 16.8 Å². The van der Waals surface area contributed by atoms with Crippen LogP contribution in [0.2, 0.25) is 0 Å². The second-order valence-electron chi connectivity index (χ2n) is 5.81. The van der Waals surface area contributed by atoms with E-state index in [0.29, 0.717) is 11.4 Å². The minimum Gasteiger partial charge on any atom is -0.361 e. The van der Waals surface area contributed by atoms with Gasteiger partial charge in [-0.1, -0.05) is 42.5 Å². The number of carbonyl (C=O) groups is 1. The fourth-order valence-corrected chi connectivity index (χ4v) is 3.07. The first kappa shape index (κ1) is 14.5. The lowest BCUT2D eigenvalue weighted by Gasteiger charge is -2.26. The molecule has 4 heteroatoms. The Labute approximate surface area is 140 Å². The highest BCUT2D eigenvalue weighted by molar-refractivity contribution is 6.11. The minimum absolute atomic E-state index is 0.0321. The van der Waals surface area contributed by atoms with Gasteiger partial charge in [-0.25, -0.2) is 4.98 Å². The smallest absolute Gasteiger partial charge is 0.261 e. The van der Waals surface area contributed by atoms with Crippen LogP contribution in [0.3, 0.4) is 0 Å². The van der Waals surface area contributed by atoms with Crippen molar-refractivity contribution in [2.75, 3.05) is 10.2 Å². The fraction of sp³-hybridized carbons (Fsp3) is 0.100. The molecule has 0 bridgehead atoms. The topological polar surface area (TPSA) is 45.2 Å². The number of nitrogens with one attached hydrogen (secondary N) is 1. The van der Waals surface area contributed by atoms with Gasteiger partial charge < -0.3 is 5.32 Å². The molecule has 1 amide bonds. The molecule has 1 aliphatic heterocycles. The molecule has 0 fully saturated rings. The van der Waals surface area contributed by atoms with Crippen LogP contribution in [0.15, 0.2) is 72.9 Å². The second-order valence-corrected chi connectivity index (χ2v) is 5.81. The Morgan fingerprint density at radius 1 is 0.958 bits per heavy atom. The van der Waals surface area contributed by atoms with Crippen LogP contribution in [-0.4, -0.2) is 10.9 Å². The normalized spacial score (nSPS) is 16.1. The Balaban J connectivity index is 1.81. The van der Waals surface area contributed by atoms with E-state index < -0.39 is 0 Å². The third-order valence-electron chi connectivity index (χ3n) is 4.30. The minimum atomic E-state index is -0.273.